The molecule has 1 amide bonds. The Morgan fingerprint density at radius 3 is 2.93 bits per heavy atom. The van der Waals surface area contributed by atoms with Crippen molar-refractivity contribution in [3.63, 3.8) is 0 Å². The molecule has 3 N–H and O–H groups in total. The van der Waals surface area contributed by atoms with Gasteiger partial charge in [0, 0.05) is 36.5 Å². The predicted octanol–water partition coefficient (Wildman–Crippen LogP) is 0.307. The highest BCUT2D eigenvalue weighted by molar-refractivity contribution is 5.89. The molecule has 0 radical (unpaired) electrons. The second-order valence-electron chi connectivity index (χ2n) is 7.82. The second kappa shape index (κ2) is 8.04. The fourth-order valence-corrected chi connectivity index (χ4v) is 4.36. The Balaban J connectivity index is 1.31. The summed E-state index contributed by atoms with van der Waals surface area (Å²) in [6, 6.07) is 3.73. The third-order valence-corrected chi connectivity index (χ3v) is 5.92. The quantitative estimate of drug-likeness (QED) is 0.639. The van der Waals surface area contributed by atoms with E-state index in [4.69, 9.17) is 9.26 Å². The van der Waals surface area contributed by atoms with Gasteiger partial charge in [-0.15, -0.1) is 0 Å². The molecule has 10 heteroatoms. The summed E-state index contributed by atoms with van der Waals surface area (Å²) in [6.45, 7) is 2.58. The molecule has 30 heavy (non-hydrogen) atoms. The van der Waals surface area contributed by atoms with Crippen molar-refractivity contribution in [1.29, 1.82) is 0 Å². The summed E-state index contributed by atoms with van der Waals surface area (Å²) in [4.78, 5) is 21.2. The molecule has 0 aromatic carbocycles. The topological polar surface area (TPSA) is 117 Å². The number of ether oxygens (including phenoxy) is 1. The van der Waals surface area contributed by atoms with Crippen molar-refractivity contribution in [2.24, 2.45) is 5.92 Å². The normalized spacial score (nSPS) is 24.4. The molecule has 2 fully saturated rings. The highest BCUT2D eigenvalue weighted by Crippen LogP contribution is 2.34. The van der Waals surface area contributed by atoms with Crippen LogP contribution in [0.5, 0.6) is 5.88 Å². The molecule has 2 atom stereocenters. The number of nitrogens with one attached hydrogen (secondary N) is 3. The third-order valence-electron chi connectivity index (χ3n) is 5.92. The second-order valence-corrected chi connectivity index (χ2v) is 7.82. The van der Waals surface area contributed by atoms with E-state index in [2.05, 4.69) is 36.2 Å². The van der Waals surface area contributed by atoms with Crippen LogP contribution in [-0.2, 0) is 11.2 Å². The Morgan fingerprint density at radius 1 is 1.30 bits per heavy atom. The van der Waals surface area contributed by atoms with Crippen LogP contribution < -0.4 is 20.8 Å². The van der Waals surface area contributed by atoms with Crippen molar-refractivity contribution in [3.05, 3.63) is 47.4 Å². The van der Waals surface area contributed by atoms with Crippen molar-refractivity contribution in [2.75, 3.05) is 26.7 Å². The number of methoxy groups -OCH3 is 1. The van der Waals surface area contributed by atoms with Crippen LogP contribution in [0.1, 0.15) is 36.0 Å². The smallest absolute Gasteiger partial charge is 0.247 e. The van der Waals surface area contributed by atoms with Crippen molar-refractivity contribution >= 4 is 5.91 Å². The minimum Gasteiger partial charge on any atom is -0.481 e. The number of piperidine rings is 1. The standard InChI is InChI=1S/C20H25N7O3/c1-29-17-3-2-12(10-22-17)8-18-25-19(26-30-18)14-11-23-27-15(9-16(28)24-20(14)27)13-4-6-21-7-5-13/h2-3,9-10,13-14,20-21,23H,4-8,11H2,1H3,(H,24,28). The maximum absolute atomic E-state index is 12.4. The van der Waals surface area contributed by atoms with Crippen molar-refractivity contribution < 1.29 is 14.1 Å². The van der Waals surface area contributed by atoms with Gasteiger partial charge < -0.3 is 19.9 Å². The summed E-state index contributed by atoms with van der Waals surface area (Å²) >= 11 is 0. The monoisotopic (exact) mass is 411 g/mol. The third kappa shape index (κ3) is 3.63. The number of hydrogen-bond donors (Lipinski definition) is 3. The number of hydrogen-bond acceptors (Lipinski definition) is 9. The average molecular weight is 411 g/mol. The number of pyridine rings is 1. The number of fused-ring (bicyclic) bond motifs is 1. The Morgan fingerprint density at radius 2 is 2.17 bits per heavy atom. The number of rotatable bonds is 5. The van der Waals surface area contributed by atoms with Gasteiger partial charge in [-0.2, -0.15) is 4.98 Å². The molecule has 5 rings (SSSR count). The summed E-state index contributed by atoms with van der Waals surface area (Å²) < 4.78 is 10.6. The zero-order valence-corrected chi connectivity index (χ0v) is 16.8. The maximum Gasteiger partial charge on any atom is 0.247 e. The van der Waals surface area contributed by atoms with E-state index in [-0.39, 0.29) is 18.0 Å². The van der Waals surface area contributed by atoms with E-state index in [0.29, 0.717) is 36.5 Å². The zero-order chi connectivity index (χ0) is 20.5. The molecule has 2 saturated heterocycles. The summed E-state index contributed by atoms with van der Waals surface area (Å²) in [6.07, 6.45) is 5.78. The molecule has 0 spiro atoms. The summed E-state index contributed by atoms with van der Waals surface area (Å²) in [7, 11) is 1.58. The van der Waals surface area contributed by atoms with Crippen molar-refractivity contribution in [1.82, 2.24) is 36.2 Å². The van der Waals surface area contributed by atoms with E-state index >= 15 is 0 Å². The number of nitrogens with zero attached hydrogens (tertiary/aromatic N) is 4. The highest BCUT2D eigenvalue weighted by Gasteiger charge is 2.43. The van der Waals surface area contributed by atoms with E-state index in [0.717, 1.165) is 37.2 Å². The molecular weight excluding hydrogens is 386 g/mol. The van der Waals surface area contributed by atoms with Gasteiger partial charge in [0.2, 0.25) is 17.7 Å². The van der Waals surface area contributed by atoms with Gasteiger partial charge in [-0.3, -0.25) is 9.80 Å². The lowest BCUT2D eigenvalue weighted by Crippen LogP contribution is -2.54. The summed E-state index contributed by atoms with van der Waals surface area (Å²) in [5.74, 6) is 1.89. The molecule has 3 aliphatic rings. The van der Waals surface area contributed by atoms with Crippen LogP contribution in [0.3, 0.4) is 0 Å². The van der Waals surface area contributed by atoms with Crippen LogP contribution >= 0.6 is 0 Å². The van der Waals surface area contributed by atoms with E-state index < -0.39 is 0 Å². The van der Waals surface area contributed by atoms with Gasteiger partial charge in [0.25, 0.3) is 0 Å². The van der Waals surface area contributed by atoms with Crippen LogP contribution in [0.4, 0.5) is 0 Å². The van der Waals surface area contributed by atoms with E-state index in [1.807, 2.05) is 6.07 Å². The van der Waals surface area contributed by atoms with Gasteiger partial charge >= 0.3 is 0 Å². The Kier molecular flexibility index (Phi) is 5.09. The summed E-state index contributed by atoms with van der Waals surface area (Å²) in [5, 5.41) is 12.7. The van der Waals surface area contributed by atoms with Gasteiger partial charge in [-0.25, -0.2) is 10.4 Å². The van der Waals surface area contributed by atoms with E-state index in [1.54, 1.807) is 25.4 Å². The van der Waals surface area contributed by atoms with Crippen LogP contribution in [0.2, 0.25) is 0 Å². The van der Waals surface area contributed by atoms with Crippen LogP contribution in [0.25, 0.3) is 0 Å². The molecule has 0 saturated carbocycles. The zero-order valence-electron chi connectivity index (χ0n) is 16.8. The van der Waals surface area contributed by atoms with Gasteiger partial charge in [-0.1, -0.05) is 11.2 Å². The lowest BCUT2D eigenvalue weighted by atomic mass is 9.92. The van der Waals surface area contributed by atoms with Crippen LogP contribution in [-0.4, -0.2) is 59.0 Å². The molecule has 5 heterocycles. The lowest BCUT2D eigenvalue weighted by Gasteiger charge is -2.38. The molecular formula is C20H25N7O3. The fraction of sp³-hybridized carbons (Fsp3) is 0.500. The number of amides is 1. The minimum atomic E-state index is -0.222. The first-order chi connectivity index (χ1) is 14.7. The SMILES string of the molecule is COc1ccc(Cc2nc(C3CNN4C(C5CCNCC5)=CC(=O)NC34)no2)cn1. The molecule has 0 aliphatic carbocycles. The molecule has 2 unspecified atom stereocenters. The number of carbonyl (C=O) groups is 1. The number of aromatic nitrogens is 3. The first kappa shape index (κ1) is 19.0. The Hall–Kier alpha value is -2.98. The molecule has 2 aromatic rings. The molecule has 10 nitrogen and oxygen atoms in total. The van der Waals surface area contributed by atoms with Gasteiger partial charge in [0.15, 0.2) is 5.82 Å². The highest BCUT2D eigenvalue weighted by atomic mass is 16.5. The molecule has 0 bridgehead atoms. The fourth-order valence-electron chi connectivity index (χ4n) is 4.36. The van der Waals surface area contributed by atoms with Gasteiger partial charge in [0.05, 0.1) is 19.4 Å². The van der Waals surface area contributed by atoms with E-state index in [9.17, 15) is 4.79 Å². The molecule has 3 aliphatic heterocycles. The number of allylic oxidation sites excluding steroid dienone is 1. The van der Waals surface area contributed by atoms with Crippen molar-refractivity contribution in [3.8, 4) is 5.88 Å². The van der Waals surface area contributed by atoms with Crippen LogP contribution in [0.15, 0.2) is 34.6 Å². The molecule has 2 aromatic heterocycles. The van der Waals surface area contributed by atoms with Gasteiger partial charge in [0.1, 0.15) is 6.17 Å². The van der Waals surface area contributed by atoms with Crippen LogP contribution in [0, 0.1) is 5.92 Å². The number of carbonyl (C=O) groups excluding carboxylic acids is 1. The first-order valence-corrected chi connectivity index (χ1v) is 10.3. The van der Waals surface area contributed by atoms with E-state index in [1.165, 1.54) is 0 Å². The Labute approximate surface area is 174 Å². The maximum atomic E-state index is 12.4. The minimum absolute atomic E-state index is 0.0634. The largest absolute Gasteiger partial charge is 0.481 e. The lowest BCUT2D eigenvalue weighted by molar-refractivity contribution is -0.119. The number of hydrazine groups is 1. The average Bonchev–Trinajstić information content (AvgIpc) is 3.41. The predicted molar refractivity (Wildman–Crippen MR) is 106 cm³/mol. The van der Waals surface area contributed by atoms with Crippen molar-refractivity contribution in [2.45, 2.75) is 31.3 Å². The Bertz CT molecular complexity index is 936. The molecule has 158 valence electrons. The first-order valence-electron chi connectivity index (χ1n) is 10.3. The van der Waals surface area contributed by atoms with Gasteiger partial charge in [-0.05, 0) is 31.5 Å². The summed E-state index contributed by atoms with van der Waals surface area (Å²) in [5.41, 5.74) is 5.44.